The van der Waals surface area contributed by atoms with Crippen LogP contribution in [0.4, 0.5) is 26.3 Å². The normalized spacial score (nSPS) is 11.7. The Labute approximate surface area is 186 Å². The van der Waals surface area contributed by atoms with E-state index < -0.39 is 24.3 Å². The average Bonchev–Trinajstić information content (AvgIpc) is 2.71. The second-order valence-electron chi connectivity index (χ2n) is 5.92. The van der Waals surface area contributed by atoms with E-state index in [1.807, 2.05) is 30.4 Å². The molecule has 33 heavy (non-hydrogen) atoms. The van der Waals surface area contributed by atoms with Gasteiger partial charge in [0.1, 0.15) is 0 Å². The Kier molecular flexibility index (Phi) is 16.7. The first-order chi connectivity index (χ1) is 15.2. The molecule has 0 heterocycles. The van der Waals surface area contributed by atoms with Crippen LogP contribution in [0.15, 0.2) is 41.4 Å². The van der Waals surface area contributed by atoms with Crippen LogP contribution in [-0.4, -0.2) is 60.1 Å². The van der Waals surface area contributed by atoms with E-state index in [4.69, 9.17) is 31.3 Å². The van der Waals surface area contributed by atoms with Crippen LogP contribution in [0.5, 0.6) is 0 Å². The Morgan fingerprint density at radius 2 is 1.42 bits per heavy atom. The third-order valence-electron chi connectivity index (χ3n) is 3.15. The Morgan fingerprint density at radius 3 is 1.85 bits per heavy atom. The molecule has 1 aromatic rings. The van der Waals surface area contributed by atoms with Gasteiger partial charge in [-0.05, 0) is 24.9 Å². The minimum absolute atomic E-state index is 0.505. The monoisotopic (exact) mass is 488 g/mol. The number of carbonyl (C=O) groups is 2. The lowest BCUT2D eigenvalue weighted by atomic mass is 10.2. The second-order valence-corrected chi connectivity index (χ2v) is 5.92. The topological polar surface area (TPSA) is 151 Å². The summed E-state index contributed by atoms with van der Waals surface area (Å²) >= 11 is 0. The maximum atomic E-state index is 10.6. The molecular weight excluding hydrogens is 462 g/mol. The van der Waals surface area contributed by atoms with Crippen LogP contribution in [0.2, 0.25) is 0 Å². The van der Waals surface area contributed by atoms with E-state index in [2.05, 4.69) is 22.4 Å². The van der Waals surface area contributed by atoms with Crippen molar-refractivity contribution in [2.45, 2.75) is 31.6 Å². The molecule has 0 aliphatic rings. The Hall–Kier alpha value is -3.29. The molecule has 0 atom stereocenters. The summed E-state index contributed by atoms with van der Waals surface area (Å²) in [4.78, 5) is 22.0. The third kappa shape index (κ3) is 21.7. The van der Waals surface area contributed by atoms with Gasteiger partial charge in [-0.2, -0.15) is 26.3 Å². The van der Waals surface area contributed by atoms with Gasteiger partial charge in [0.05, 0.1) is 6.54 Å². The van der Waals surface area contributed by atoms with Crippen molar-refractivity contribution in [2.24, 2.45) is 16.5 Å². The fourth-order valence-electron chi connectivity index (χ4n) is 1.62. The number of rotatable bonds is 8. The minimum atomic E-state index is -5.08. The van der Waals surface area contributed by atoms with Crippen LogP contribution in [0.3, 0.4) is 0 Å². The first kappa shape index (κ1) is 31.9. The Balaban J connectivity index is 0. The summed E-state index contributed by atoms with van der Waals surface area (Å²) in [7, 11) is 0. The molecule has 0 aliphatic carbocycles. The summed E-state index contributed by atoms with van der Waals surface area (Å²) in [6.07, 6.45) is -2.85. The molecule has 188 valence electrons. The average molecular weight is 488 g/mol. The van der Waals surface area contributed by atoms with E-state index in [-0.39, 0.29) is 0 Å². The number of unbranched alkanes of at least 4 members (excludes halogenated alkanes) is 2. The molecule has 0 saturated heterocycles. The van der Waals surface area contributed by atoms with Gasteiger partial charge in [-0.3, -0.25) is 0 Å². The van der Waals surface area contributed by atoms with Crippen molar-refractivity contribution in [3.8, 4) is 0 Å². The highest BCUT2D eigenvalue weighted by Gasteiger charge is 2.38. The first-order valence-electron chi connectivity index (χ1n) is 9.27. The number of halogens is 6. The molecule has 0 aliphatic heterocycles. The van der Waals surface area contributed by atoms with Crippen LogP contribution >= 0.6 is 0 Å². The summed E-state index contributed by atoms with van der Waals surface area (Å²) in [6.45, 7) is 2.21. The number of benzene rings is 1. The van der Waals surface area contributed by atoms with E-state index in [0.29, 0.717) is 12.5 Å². The number of hydrogen-bond acceptors (Lipinski definition) is 4. The quantitative estimate of drug-likeness (QED) is 0.163. The van der Waals surface area contributed by atoms with Crippen LogP contribution in [0, 0.1) is 0 Å². The van der Waals surface area contributed by atoms with Gasteiger partial charge in [0, 0.05) is 6.54 Å². The summed E-state index contributed by atoms with van der Waals surface area (Å²) in [5.74, 6) is -5.01. The van der Waals surface area contributed by atoms with E-state index in [1.165, 1.54) is 5.56 Å². The zero-order valence-corrected chi connectivity index (χ0v) is 17.4. The molecular formula is C19H26F6N4O4. The number of carboxylic acid groups (broad SMARTS) is 2. The number of nitrogens with one attached hydrogen (secondary N) is 1. The number of carboxylic acids is 2. The van der Waals surface area contributed by atoms with Gasteiger partial charge in [-0.25, -0.2) is 14.6 Å². The van der Waals surface area contributed by atoms with Crippen molar-refractivity contribution < 1.29 is 46.1 Å². The molecule has 0 saturated carbocycles. The molecule has 14 heteroatoms. The summed E-state index contributed by atoms with van der Waals surface area (Å²) in [6, 6.07) is 10.1. The lowest BCUT2D eigenvalue weighted by molar-refractivity contribution is -0.193. The summed E-state index contributed by atoms with van der Waals surface area (Å²) in [5.41, 5.74) is 12.3. The first-order valence-corrected chi connectivity index (χ1v) is 9.27. The minimum Gasteiger partial charge on any atom is -0.475 e. The maximum Gasteiger partial charge on any atom is 0.490 e. The van der Waals surface area contributed by atoms with Gasteiger partial charge >= 0.3 is 24.3 Å². The van der Waals surface area contributed by atoms with Crippen LogP contribution < -0.4 is 16.8 Å². The molecule has 0 fully saturated rings. The fourth-order valence-corrected chi connectivity index (χ4v) is 1.62. The predicted octanol–water partition coefficient (Wildman–Crippen LogP) is 3.00. The number of aliphatic imine (C=N–C) groups is 1. The highest BCUT2D eigenvalue weighted by molar-refractivity contribution is 5.77. The number of alkyl halides is 6. The smallest absolute Gasteiger partial charge is 0.475 e. The van der Waals surface area contributed by atoms with Gasteiger partial charge in [0.25, 0.3) is 0 Å². The van der Waals surface area contributed by atoms with Gasteiger partial charge in [0.2, 0.25) is 0 Å². The van der Waals surface area contributed by atoms with E-state index in [1.54, 1.807) is 0 Å². The molecule has 0 spiro atoms. The standard InChI is InChI=1S/C15H24N4.2C2HF3O2/c16-11-5-2-6-12-18-15(17)19-13-7-10-14-8-3-1-4-9-14;2*3-2(4,5)1(6)7/h1,3-4,7-10H,2,5-6,11-13,16H2,(H3,17,18,19);2*(H,6,7)/b10-7+;;. The van der Waals surface area contributed by atoms with Crippen LogP contribution in [0.25, 0.3) is 6.08 Å². The highest BCUT2D eigenvalue weighted by atomic mass is 19.4. The molecule has 0 aromatic heterocycles. The molecule has 1 aromatic carbocycles. The van der Waals surface area contributed by atoms with Crippen molar-refractivity contribution in [3.05, 3.63) is 42.0 Å². The van der Waals surface area contributed by atoms with Crippen LogP contribution in [-0.2, 0) is 9.59 Å². The molecule has 0 unspecified atom stereocenters. The van der Waals surface area contributed by atoms with Crippen molar-refractivity contribution in [1.29, 1.82) is 0 Å². The molecule has 0 amide bonds. The summed E-state index contributed by atoms with van der Waals surface area (Å²) in [5, 5.41) is 17.3. The second kappa shape index (κ2) is 17.3. The van der Waals surface area contributed by atoms with Gasteiger partial charge in [-0.1, -0.05) is 48.9 Å². The fraction of sp³-hybridized carbons (Fsp3) is 0.421. The van der Waals surface area contributed by atoms with Crippen LogP contribution in [0.1, 0.15) is 24.8 Å². The van der Waals surface area contributed by atoms with Gasteiger partial charge in [0.15, 0.2) is 5.96 Å². The van der Waals surface area contributed by atoms with E-state index in [0.717, 1.165) is 32.4 Å². The zero-order valence-electron chi connectivity index (χ0n) is 17.4. The van der Waals surface area contributed by atoms with E-state index in [9.17, 15) is 26.3 Å². The summed E-state index contributed by atoms with van der Waals surface area (Å²) < 4.78 is 63.5. The Morgan fingerprint density at radius 1 is 0.939 bits per heavy atom. The number of aliphatic carboxylic acids is 2. The Bertz CT molecular complexity index is 714. The zero-order chi connectivity index (χ0) is 25.9. The predicted molar refractivity (Wildman–Crippen MR) is 110 cm³/mol. The van der Waals surface area contributed by atoms with E-state index >= 15 is 0 Å². The van der Waals surface area contributed by atoms with Crippen molar-refractivity contribution in [2.75, 3.05) is 19.6 Å². The van der Waals surface area contributed by atoms with Gasteiger partial charge < -0.3 is 27.0 Å². The lowest BCUT2D eigenvalue weighted by Gasteiger charge is -2.04. The lowest BCUT2D eigenvalue weighted by Crippen LogP contribution is -2.32. The number of nitrogens with two attached hydrogens (primary N) is 2. The highest BCUT2D eigenvalue weighted by Crippen LogP contribution is 2.13. The number of hydrogen-bond donors (Lipinski definition) is 5. The largest absolute Gasteiger partial charge is 0.490 e. The number of guanidine groups is 1. The SMILES string of the molecule is NCCCCCNC(N)=NC/C=C/c1ccccc1.O=C(O)C(F)(F)F.O=C(O)C(F)(F)F. The van der Waals surface area contributed by atoms with Gasteiger partial charge in [-0.15, -0.1) is 0 Å². The molecule has 8 nitrogen and oxygen atoms in total. The molecule has 0 bridgehead atoms. The third-order valence-corrected chi connectivity index (χ3v) is 3.15. The van der Waals surface area contributed by atoms with Crippen molar-refractivity contribution in [3.63, 3.8) is 0 Å². The maximum absolute atomic E-state index is 10.6. The number of nitrogens with zero attached hydrogens (tertiary/aromatic N) is 1. The molecule has 7 N–H and O–H groups in total. The van der Waals surface area contributed by atoms with Crippen molar-refractivity contribution >= 4 is 24.0 Å². The van der Waals surface area contributed by atoms with Crippen molar-refractivity contribution in [1.82, 2.24) is 5.32 Å². The molecule has 0 radical (unpaired) electrons. The molecule has 1 rings (SSSR count).